The first-order chi connectivity index (χ1) is 21.3. The molecule has 246 valence electrons. The maximum atomic E-state index is 12.3. The van der Waals surface area contributed by atoms with E-state index in [1.807, 2.05) is 6.92 Å². The molecule has 0 atom stereocenters. The van der Waals surface area contributed by atoms with Gasteiger partial charge in [0.05, 0.1) is 143 Å². The van der Waals surface area contributed by atoms with Gasteiger partial charge < -0.3 is 47.4 Å². The smallest absolute Gasteiger partial charge is 0.261 e. The van der Waals surface area contributed by atoms with Gasteiger partial charge in [0.2, 0.25) is 0 Å². The minimum atomic E-state index is -0.276. The number of benzene rings is 1. The van der Waals surface area contributed by atoms with Crippen LogP contribution in [-0.2, 0) is 47.4 Å². The standard InChI is InChI=1S/C30H49NO12/c1-2-34-9-10-36-13-14-38-17-18-40-21-22-42-25-26-43-24-23-41-20-19-39-16-15-37-12-11-35-8-7-31-29(32)27-5-3-4-6-28(27)30(31)33/h3-6H,2,7-26H2,1H3. The molecule has 0 saturated carbocycles. The van der Waals surface area contributed by atoms with Crippen LogP contribution in [0.1, 0.15) is 27.6 Å². The Morgan fingerprint density at radius 1 is 0.419 bits per heavy atom. The molecule has 43 heavy (non-hydrogen) atoms. The van der Waals surface area contributed by atoms with E-state index in [0.717, 1.165) is 0 Å². The van der Waals surface area contributed by atoms with Gasteiger partial charge in [-0.1, -0.05) is 12.1 Å². The third kappa shape index (κ3) is 17.7. The molecule has 1 heterocycles. The fraction of sp³-hybridized carbons (Fsp3) is 0.733. The second-order valence-electron chi connectivity index (χ2n) is 9.02. The third-order valence-electron chi connectivity index (χ3n) is 5.89. The summed E-state index contributed by atoms with van der Waals surface area (Å²) in [6, 6.07) is 6.82. The molecule has 13 nitrogen and oxygen atoms in total. The van der Waals surface area contributed by atoms with Gasteiger partial charge in [0.1, 0.15) is 0 Å². The Labute approximate surface area is 254 Å². The van der Waals surface area contributed by atoms with Crippen LogP contribution in [0.25, 0.3) is 0 Å². The van der Waals surface area contributed by atoms with E-state index in [1.165, 1.54) is 4.90 Å². The molecule has 0 bridgehead atoms. The lowest BCUT2D eigenvalue weighted by Crippen LogP contribution is -2.33. The number of imide groups is 1. The summed E-state index contributed by atoms with van der Waals surface area (Å²) in [6.07, 6.45) is 0. The second kappa shape index (κ2) is 26.4. The topological polar surface area (TPSA) is 130 Å². The average molecular weight is 616 g/mol. The van der Waals surface area contributed by atoms with E-state index in [1.54, 1.807) is 24.3 Å². The van der Waals surface area contributed by atoms with Crippen molar-refractivity contribution >= 4 is 11.8 Å². The highest BCUT2D eigenvalue weighted by Crippen LogP contribution is 2.21. The van der Waals surface area contributed by atoms with Crippen molar-refractivity contribution < 1.29 is 57.0 Å². The van der Waals surface area contributed by atoms with Crippen LogP contribution in [0, 0.1) is 0 Å². The molecule has 1 aliphatic rings. The summed E-state index contributed by atoms with van der Waals surface area (Å²) in [5, 5.41) is 0. The van der Waals surface area contributed by atoms with E-state index >= 15 is 0 Å². The summed E-state index contributed by atoms with van der Waals surface area (Å²) in [6.45, 7) is 12.1. The van der Waals surface area contributed by atoms with Crippen molar-refractivity contribution in [3.05, 3.63) is 35.4 Å². The van der Waals surface area contributed by atoms with E-state index < -0.39 is 0 Å². The van der Waals surface area contributed by atoms with Crippen molar-refractivity contribution in [3.8, 4) is 0 Å². The van der Waals surface area contributed by atoms with Crippen molar-refractivity contribution in [2.45, 2.75) is 6.92 Å². The van der Waals surface area contributed by atoms with Gasteiger partial charge in [-0.15, -0.1) is 0 Å². The molecule has 0 unspecified atom stereocenters. The van der Waals surface area contributed by atoms with Gasteiger partial charge >= 0.3 is 0 Å². The van der Waals surface area contributed by atoms with E-state index in [-0.39, 0.29) is 25.0 Å². The first-order valence-electron chi connectivity index (χ1n) is 15.0. The quantitative estimate of drug-likeness (QED) is 0.0886. The van der Waals surface area contributed by atoms with Crippen LogP contribution < -0.4 is 0 Å². The largest absolute Gasteiger partial charge is 0.379 e. The molecule has 0 aliphatic carbocycles. The molecule has 2 amide bonds. The molecule has 0 saturated heterocycles. The number of hydrogen-bond acceptors (Lipinski definition) is 12. The molecule has 13 heteroatoms. The Morgan fingerprint density at radius 2 is 0.674 bits per heavy atom. The number of amides is 2. The molecular weight excluding hydrogens is 566 g/mol. The molecule has 0 fully saturated rings. The van der Waals surface area contributed by atoms with Crippen LogP contribution in [0.3, 0.4) is 0 Å². The fourth-order valence-electron chi connectivity index (χ4n) is 3.72. The lowest BCUT2D eigenvalue weighted by atomic mass is 10.1. The molecule has 1 aromatic carbocycles. The zero-order valence-electron chi connectivity index (χ0n) is 25.5. The number of fused-ring (bicyclic) bond motifs is 1. The Kier molecular flexibility index (Phi) is 22.8. The summed E-state index contributed by atoms with van der Waals surface area (Å²) < 4.78 is 54.2. The Bertz CT molecular complexity index is 808. The zero-order chi connectivity index (χ0) is 30.6. The molecule has 0 spiro atoms. The van der Waals surface area contributed by atoms with Crippen LogP contribution >= 0.6 is 0 Å². The van der Waals surface area contributed by atoms with Gasteiger partial charge in [0.15, 0.2) is 0 Å². The first-order valence-corrected chi connectivity index (χ1v) is 15.0. The minimum Gasteiger partial charge on any atom is -0.379 e. The van der Waals surface area contributed by atoms with Crippen molar-refractivity contribution in [1.29, 1.82) is 0 Å². The first kappa shape index (κ1) is 37.1. The van der Waals surface area contributed by atoms with E-state index in [2.05, 4.69) is 0 Å². The van der Waals surface area contributed by atoms with Crippen LogP contribution in [0.15, 0.2) is 24.3 Å². The fourth-order valence-corrected chi connectivity index (χ4v) is 3.72. The van der Waals surface area contributed by atoms with Gasteiger partial charge in [0.25, 0.3) is 11.8 Å². The van der Waals surface area contributed by atoms with E-state index in [4.69, 9.17) is 47.4 Å². The highest BCUT2D eigenvalue weighted by atomic mass is 16.6. The number of carbonyl (C=O) groups excluding carboxylic acids is 2. The molecule has 1 aromatic rings. The van der Waals surface area contributed by atoms with Gasteiger partial charge in [-0.25, -0.2) is 0 Å². The third-order valence-corrected chi connectivity index (χ3v) is 5.89. The summed E-state index contributed by atoms with van der Waals surface area (Å²) >= 11 is 0. The number of nitrogens with zero attached hydrogens (tertiary/aromatic N) is 1. The summed E-state index contributed by atoms with van der Waals surface area (Å²) in [5.41, 5.74) is 0.887. The van der Waals surface area contributed by atoms with Crippen LogP contribution in [0.2, 0.25) is 0 Å². The number of carbonyl (C=O) groups is 2. The highest BCUT2D eigenvalue weighted by molar-refractivity contribution is 6.21. The lowest BCUT2D eigenvalue weighted by Gasteiger charge is -2.13. The van der Waals surface area contributed by atoms with Gasteiger partial charge in [-0.2, -0.15) is 0 Å². The molecule has 0 radical (unpaired) electrons. The predicted octanol–water partition coefficient (Wildman–Crippen LogP) is 1.47. The normalized spacial score (nSPS) is 12.9. The van der Waals surface area contributed by atoms with E-state index in [0.29, 0.717) is 137 Å². The highest BCUT2D eigenvalue weighted by Gasteiger charge is 2.34. The van der Waals surface area contributed by atoms with Crippen LogP contribution in [0.5, 0.6) is 0 Å². The van der Waals surface area contributed by atoms with Crippen LogP contribution in [-0.4, -0.2) is 155 Å². The van der Waals surface area contributed by atoms with Gasteiger partial charge in [-0.3, -0.25) is 14.5 Å². The monoisotopic (exact) mass is 615 g/mol. The minimum absolute atomic E-state index is 0.217. The van der Waals surface area contributed by atoms with Crippen LogP contribution in [0.4, 0.5) is 0 Å². The Hall–Kier alpha value is -2.04. The molecular formula is C30H49NO12. The summed E-state index contributed by atoms with van der Waals surface area (Å²) in [5.74, 6) is -0.552. The summed E-state index contributed by atoms with van der Waals surface area (Å²) in [4.78, 5) is 25.8. The number of ether oxygens (including phenoxy) is 10. The number of rotatable bonds is 31. The predicted molar refractivity (Wildman–Crippen MR) is 156 cm³/mol. The van der Waals surface area contributed by atoms with Crippen molar-refractivity contribution in [2.24, 2.45) is 0 Å². The summed E-state index contributed by atoms with van der Waals surface area (Å²) in [7, 11) is 0. The molecule has 0 aromatic heterocycles. The SMILES string of the molecule is CCOCCOCCOCCOCCOCCOCCOCCOCCOCCOCCN1C(=O)c2ccccc2C1=O. The maximum Gasteiger partial charge on any atom is 0.261 e. The zero-order valence-corrected chi connectivity index (χ0v) is 25.5. The molecule has 2 rings (SSSR count). The number of hydrogen-bond donors (Lipinski definition) is 0. The second-order valence-corrected chi connectivity index (χ2v) is 9.02. The van der Waals surface area contributed by atoms with Crippen molar-refractivity contribution in [3.63, 3.8) is 0 Å². The molecule has 1 aliphatic heterocycles. The maximum absolute atomic E-state index is 12.3. The van der Waals surface area contributed by atoms with Crippen molar-refractivity contribution in [1.82, 2.24) is 4.90 Å². The lowest BCUT2D eigenvalue weighted by molar-refractivity contribution is -0.0263. The Balaban J connectivity index is 1.20. The van der Waals surface area contributed by atoms with Gasteiger partial charge in [-0.05, 0) is 19.1 Å². The van der Waals surface area contributed by atoms with Crippen molar-refractivity contribution in [2.75, 3.05) is 139 Å². The Morgan fingerprint density at radius 3 is 0.953 bits per heavy atom. The molecule has 0 N–H and O–H groups in total. The van der Waals surface area contributed by atoms with Gasteiger partial charge in [0, 0.05) is 6.61 Å². The average Bonchev–Trinajstić information content (AvgIpc) is 3.26. The van der Waals surface area contributed by atoms with E-state index in [9.17, 15) is 9.59 Å².